The van der Waals surface area contributed by atoms with E-state index in [1.54, 1.807) is 6.07 Å². The van der Waals surface area contributed by atoms with Gasteiger partial charge in [-0.3, -0.25) is 0 Å². The van der Waals surface area contributed by atoms with Gasteiger partial charge in [-0.25, -0.2) is 0 Å². The van der Waals surface area contributed by atoms with Gasteiger partial charge in [-0.15, -0.1) is 12.4 Å². The molecule has 0 unspecified atom stereocenters. The highest BCUT2D eigenvalue weighted by Crippen LogP contribution is 2.35. The first-order valence-corrected chi connectivity index (χ1v) is 11.1. The normalized spacial score (nSPS) is 19.3. The lowest BCUT2D eigenvalue weighted by Crippen LogP contribution is -2.42. The number of rotatable bonds is 8. The van der Waals surface area contributed by atoms with Crippen molar-refractivity contribution in [2.24, 2.45) is 5.92 Å². The minimum atomic E-state index is -4.36. The van der Waals surface area contributed by atoms with E-state index in [0.717, 1.165) is 56.7 Å². The van der Waals surface area contributed by atoms with Crippen molar-refractivity contribution in [2.45, 2.75) is 38.3 Å². The quantitative estimate of drug-likeness (QED) is 0.439. The summed E-state index contributed by atoms with van der Waals surface area (Å²) in [5.41, 5.74) is 1.76. The van der Waals surface area contributed by atoms with Gasteiger partial charge < -0.3 is 14.5 Å². The second-order valence-electron chi connectivity index (χ2n) is 8.63. The summed E-state index contributed by atoms with van der Waals surface area (Å²) in [5.74, 6) is 0.840. The van der Waals surface area contributed by atoms with Crippen LogP contribution in [0.4, 0.5) is 18.9 Å². The Balaban J connectivity index is 0.00000363. The van der Waals surface area contributed by atoms with Gasteiger partial charge in [0.15, 0.2) is 0 Å². The van der Waals surface area contributed by atoms with Crippen molar-refractivity contribution in [3.8, 4) is 5.75 Å². The van der Waals surface area contributed by atoms with Crippen molar-refractivity contribution in [3.63, 3.8) is 0 Å². The van der Waals surface area contributed by atoms with Gasteiger partial charge in [0.25, 0.3) is 0 Å². The van der Waals surface area contributed by atoms with E-state index in [-0.39, 0.29) is 24.1 Å². The molecule has 0 bridgehead atoms. The molecule has 3 rings (SSSR count). The molecule has 0 amide bonds. The summed E-state index contributed by atoms with van der Waals surface area (Å²) in [7, 11) is 4.04. The van der Waals surface area contributed by atoms with Crippen molar-refractivity contribution >= 4 is 18.1 Å². The molecule has 1 fully saturated rings. The van der Waals surface area contributed by atoms with Crippen LogP contribution in [0.15, 0.2) is 48.5 Å². The lowest BCUT2D eigenvalue weighted by atomic mass is 9.80. The molecule has 0 N–H and O–H groups in total. The summed E-state index contributed by atoms with van der Waals surface area (Å²) in [6.45, 7) is 5.60. The first-order chi connectivity index (χ1) is 14.8. The Hall–Kier alpha value is -1.92. The lowest BCUT2D eigenvalue weighted by molar-refractivity contribution is -0.137. The molecule has 0 radical (unpaired) electrons. The monoisotopic (exact) mass is 470 g/mol. The fourth-order valence-electron chi connectivity index (χ4n) is 4.29. The number of hydrogen-bond donors (Lipinski definition) is 0. The smallest absolute Gasteiger partial charge is 0.416 e. The molecule has 32 heavy (non-hydrogen) atoms. The molecule has 7 heteroatoms. The highest BCUT2D eigenvalue weighted by Gasteiger charge is 2.32. The molecule has 1 aliphatic heterocycles. The van der Waals surface area contributed by atoms with E-state index in [0.29, 0.717) is 12.5 Å². The highest BCUT2D eigenvalue weighted by molar-refractivity contribution is 5.85. The Morgan fingerprint density at radius 2 is 1.81 bits per heavy atom. The van der Waals surface area contributed by atoms with Crippen LogP contribution >= 0.6 is 12.4 Å². The van der Waals surface area contributed by atoms with Crippen LogP contribution in [0.1, 0.15) is 43.2 Å². The van der Waals surface area contributed by atoms with E-state index in [4.69, 9.17) is 4.74 Å². The lowest BCUT2D eigenvalue weighted by Gasteiger charge is -2.39. The first kappa shape index (κ1) is 26.3. The van der Waals surface area contributed by atoms with Crippen molar-refractivity contribution in [1.29, 1.82) is 0 Å². The molecule has 2 aromatic carbocycles. The molecule has 0 saturated carbocycles. The molecule has 2 atom stereocenters. The van der Waals surface area contributed by atoms with Crippen molar-refractivity contribution in [1.82, 2.24) is 4.90 Å². The van der Waals surface area contributed by atoms with Crippen molar-refractivity contribution < 1.29 is 17.9 Å². The largest absolute Gasteiger partial charge is 0.493 e. The van der Waals surface area contributed by atoms with Gasteiger partial charge in [-0.2, -0.15) is 13.2 Å². The predicted molar refractivity (Wildman–Crippen MR) is 127 cm³/mol. The molecule has 1 heterocycles. The van der Waals surface area contributed by atoms with Gasteiger partial charge in [0.1, 0.15) is 5.75 Å². The summed E-state index contributed by atoms with van der Waals surface area (Å²) in [6, 6.07) is 13.8. The molecule has 0 aromatic heterocycles. The Kier molecular flexibility index (Phi) is 9.71. The number of unbranched alkanes of at least 4 members (excludes halogenated alkanes) is 1. The number of benzene rings is 2. The van der Waals surface area contributed by atoms with E-state index < -0.39 is 11.7 Å². The number of nitrogens with zero attached hydrogens (tertiary/aromatic N) is 2. The Bertz CT molecular complexity index is 827. The van der Waals surface area contributed by atoms with E-state index in [9.17, 15) is 13.2 Å². The van der Waals surface area contributed by atoms with Gasteiger partial charge in [0.2, 0.25) is 0 Å². The van der Waals surface area contributed by atoms with E-state index in [1.165, 1.54) is 11.6 Å². The van der Waals surface area contributed by atoms with Crippen LogP contribution < -0.4 is 9.64 Å². The number of piperidine rings is 1. The van der Waals surface area contributed by atoms with Crippen molar-refractivity contribution in [3.05, 3.63) is 59.7 Å². The van der Waals surface area contributed by atoms with Crippen LogP contribution in [0, 0.1) is 5.92 Å². The zero-order valence-corrected chi connectivity index (χ0v) is 19.9. The Morgan fingerprint density at radius 3 is 2.44 bits per heavy atom. The second kappa shape index (κ2) is 11.8. The van der Waals surface area contributed by atoms with Gasteiger partial charge in [0, 0.05) is 32.2 Å². The van der Waals surface area contributed by atoms with E-state index >= 15 is 0 Å². The molecule has 0 aliphatic carbocycles. The molecule has 178 valence electrons. The second-order valence-corrected chi connectivity index (χ2v) is 8.63. The zero-order chi connectivity index (χ0) is 22.4. The summed E-state index contributed by atoms with van der Waals surface area (Å²) >= 11 is 0. The van der Waals surface area contributed by atoms with Gasteiger partial charge in [-0.05, 0) is 67.7 Å². The molecule has 1 saturated heterocycles. The molecule has 0 spiro atoms. The maximum absolute atomic E-state index is 13.0. The molecule has 1 aliphatic rings. The van der Waals surface area contributed by atoms with Crippen LogP contribution in [-0.4, -0.2) is 45.2 Å². The minimum absolute atomic E-state index is 0. The van der Waals surface area contributed by atoms with E-state index in [1.807, 2.05) is 14.1 Å². The van der Waals surface area contributed by atoms with E-state index in [2.05, 4.69) is 41.0 Å². The van der Waals surface area contributed by atoms with Gasteiger partial charge in [0.05, 0.1) is 12.2 Å². The Labute approximate surface area is 196 Å². The fraction of sp³-hybridized carbons (Fsp3) is 0.520. The fourth-order valence-corrected chi connectivity index (χ4v) is 4.29. The predicted octanol–water partition coefficient (Wildman–Crippen LogP) is 6.48. The van der Waals surface area contributed by atoms with Gasteiger partial charge in [-0.1, -0.05) is 31.5 Å². The SMILES string of the molecule is CCCCN1CC[C@@H](c2ccc(N(C)C)cc2)[C@H](COc2cccc(C(F)(F)F)c2)C1.Cl. The number of alkyl halides is 3. The third-order valence-electron chi connectivity index (χ3n) is 6.11. The molecular formula is C25H34ClF3N2O. The average molecular weight is 471 g/mol. The van der Waals surface area contributed by atoms with Crippen LogP contribution in [0.5, 0.6) is 5.75 Å². The number of hydrogen-bond acceptors (Lipinski definition) is 3. The maximum Gasteiger partial charge on any atom is 0.416 e. The average Bonchev–Trinajstić information content (AvgIpc) is 2.76. The molecule has 3 nitrogen and oxygen atoms in total. The molecule has 2 aromatic rings. The van der Waals surface area contributed by atoms with Crippen LogP contribution in [0.2, 0.25) is 0 Å². The number of likely N-dealkylation sites (tertiary alicyclic amines) is 1. The third-order valence-corrected chi connectivity index (χ3v) is 6.11. The Morgan fingerprint density at radius 1 is 1.09 bits per heavy atom. The number of anilines is 1. The van der Waals surface area contributed by atoms with Crippen molar-refractivity contribution in [2.75, 3.05) is 45.2 Å². The maximum atomic E-state index is 13.0. The first-order valence-electron chi connectivity index (χ1n) is 11.1. The number of halogens is 4. The van der Waals surface area contributed by atoms with Crippen LogP contribution in [0.25, 0.3) is 0 Å². The third kappa shape index (κ3) is 7.04. The highest BCUT2D eigenvalue weighted by atomic mass is 35.5. The van der Waals surface area contributed by atoms with Crippen LogP contribution in [0.3, 0.4) is 0 Å². The minimum Gasteiger partial charge on any atom is -0.493 e. The topological polar surface area (TPSA) is 15.7 Å². The summed E-state index contributed by atoms with van der Waals surface area (Å²) in [5, 5.41) is 0. The summed E-state index contributed by atoms with van der Waals surface area (Å²) < 4.78 is 45.0. The molecular weight excluding hydrogens is 437 g/mol. The van der Waals surface area contributed by atoms with Crippen LogP contribution in [-0.2, 0) is 6.18 Å². The zero-order valence-electron chi connectivity index (χ0n) is 19.1. The summed E-state index contributed by atoms with van der Waals surface area (Å²) in [4.78, 5) is 4.54. The standard InChI is InChI=1S/C25H33F3N2O.ClH/c1-4-5-14-30-15-13-24(19-9-11-22(12-10-19)29(2)3)20(17-30)18-31-23-8-6-7-21(16-23)25(26,27)28;/h6-12,16,20,24H,4-5,13-15,17-18H2,1-3H3;1H/t20-,24-;/m0./s1. The summed E-state index contributed by atoms with van der Waals surface area (Å²) in [6.07, 6.45) is -1.03. The van der Waals surface area contributed by atoms with Gasteiger partial charge >= 0.3 is 6.18 Å². The number of ether oxygens (including phenoxy) is 1.